The third-order valence-corrected chi connectivity index (χ3v) is 2.54. The molecule has 1 rings (SSSR count). The van der Waals surface area contributed by atoms with E-state index in [2.05, 4.69) is 5.32 Å². The van der Waals surface area contributed by atoms with Crippen molar-refractivity contribution < 1.29 is 13.2 Å². The van der Waals surface area contributed by atoms with Crippen LogP contribution >= 0.6 is 11.6 Å². The number of nitrogens with one attached hydrogen (secondary N) is 1. The molecule has 0 aliphatic carbocycles. The van der Waals surface area contributed by atoms with Gasteiger partial charge in [0.05, 0.1) is 11.3 Å². The summed E-state index contributed by atoms with van der Waals surface area (Å²) in [5.41, 5.74) is 0.979. The Morgan fingerprint density at radius 2 is 2.00 bits per heavy atom. The predicted octanol–water partition coefficient (Wildman–Crippen LogP) is 4.36. The average molecular weight is 277 g/mol. The van der Waals surface area contributed by atoms with Gasteiger partial charge in [0, 0.05) is 18.0 Å². The number of nitrogens with zero attached hydrogens (tertiary/aromatic N) is 1. The van der Waals surface area contributed by atoms with Gasteiger partial charge in [-0.25, -0.2) is 0 Å². The molecule has 0 saturated heterocycles. The molecule has 0 unspecified atom stereocenters. The standard InChI is InChI=1S/C12H12ClF3N2/c13-10-3-4-11(9(7-10)8-17)18-6-2-1-5-12(14,15)16/h3-4,7,18H,1-2,5-6H2. The van der Waals surface area contributed by atoms with Crippen LogP contribution in [0.25, 0.3) is 0 Å². The Bertz CT molecular complexity index is 438. The molecule has 0 aliphatic heterocycles. The molecular weight excluding hydrogens is 265 g/mol. The molecule has 1 aromatic rings. The van der Waals surface area contributed by atoms with Crippen LogP contribution in [0.2, 0.25) is 5.02 Å². The lowest BCUT2D eigenvalue weighted by molar-refractivity contribution is -0.135. The van der Waals surface area contributed by atoms with E-state index in [1.807, 2.05) is 6.07 Å². The van der Waals surface area contributed by atoms with Crippen LogP contribution in [-0.2, 0) is 0 Å². The number of hydrogen-bond donors (Lipinski definition) is 1. The van der Waals surface area contributed by atoms with Gasteiger partial charge in [0.2, 0.25) is 0 Å². The highest BCUT2D eigenvalue weighted by molar-refractivity contribution is 6.30. The topological polar surface area (TPSA) is 35.8 Å². The zero-order valence-electron chi connectivity index (χ0n) is 9.52. The molecule has 0 fully saturated rings. The largest absolute Gasteiger partial charge is 0.389 e. The smallest absolute Gasteiger partial charge is 0.384 e. The highest BCUT2D eigenvalue weighted by Gasteiger charge is 2.25. The first-order chi connectivity index (χ1) is 8.42. The molecule has 0 heterocycles. The highest BCUT2D eigenvalue weighted by atomic mass is 35.5. The molecule has 0 saturated carbocycles. The molecule has 1 aromatic carbocycles. The number of halogens is 4. The minimum absolute atomic E-state index is 0.0754. The molecule has 0 aliphatic rings. The van der Waals surface area contributed by atoms with Crippen molar-refractivity contribution in [1.82, 2.24) is 0 Å². The van der Waals surface area contributed by atoms with E-state index in [0.29, 0.717) is 29.2 Å². The van der Waals surface area contributed by atoms with Gasteiger partial charge < -0.3 is 5.32 Å². The molecule has 0 atom stereocenters. The average Bonchev–Trinajstić information content (AvgIpc) is 2.28. The molecule has 6 heteroatoms. The van der Waals surface area contributed by atoms with Crippen LogP contribution in [0.1, 0.15) is 24.8 Å². The van der Waals surface area contributed by atoms with E-state index in [4.69, 9.17) is 16.9 Å². The number of benzene rings is 1. The second kappa shape index (κ2) is 6.50. The van der Waals surface area contributed by atoms with Crippen LogP contribution in [-0.4, -0.2) is 12.7 Å². The molecule has 0 spiro atoms. The number of rotatable bonds is 5. The maximum absolute atomic E-state index is 11.9. The second-order valence-corrected chi connectivity index (χ2v) is 4.24. The van der Waals surface area contributed by atoms with Gasteiger partial charge in [-0.3, -0.25) is 0 Å². The molecule has 0 radical (unpaired) electrons. The van der Waals surface area contributed by atoms with E-state index in [9.17, 15) is 13.2 Å². The van der Waals surface area contributed by atoms with Gasteiger partial charge in [-0.1, -0.05) is 11.6 Å². The molecule has 0 amide bonds. The number of alkyl halides is 3. The molecular formula is C12H12ClF3N2. The summed E-state index contributed by atoms with van der Waals surface area (Å²) in [7, 11) is 0. The van der Waals surface area contributed by atoms with E-state index >= 15 is 0 Å². The number of anilines is 1. The van der Waals surface area contributed by atoms with Crippen molar-refractivity contribution in [3.8, 4) is 6.07 Å². The summed E-state index contributed by atoms with van der Waals surface area (Å²) < 4.78 is 35.7. The molecule has 0 bridgehead atoms. The minimum Gasteiger partial charge on any atom is -0.384 e. The van der Waals surface area contributed by atoms with Crippen molar-refractivity contribution in [2.45, 2.75) is 25.4 Å². The fraction of sp³-hybridized carbons (Fsp3) is 0.417. The first kappa shape index (κ1) is 14.7. The van der Waals surface area contributed by atoms with Crippen molar-refractivity contribution in [2.75, 3.05) is 11.9 Å². The summed E-state index contributed by atoms with van der Waals surface area (Å²) in [5, 5.41) is 12.2. The van der Waals surface area contributed by atoms with Crippen molar-refractivity contribution in [1.29, 1.82) is 5.26 Å². The summed E-state index contributed by atoms with van der Waals surface area (Å²) >= 11 is 5.73. The van der Waals surface area contributed by atoms with Gasteiger partial charge in [0.25, 0.3) is 0 Å². The fourth-order valence-corrected chi connectivity index (χ4v) is 1.61. The van der Waals surface area contributed by atoms with E-state index in [1.54, 1.807) is 12.1 Å². The first-order valence-corrected chi connectivity index (χ1v) is 5.80. The highest BCUT2D eigenvalue weighted by Crippen LogP contribution is 2.23. The Balaban J connectivity index is 2.38. The molecule has 2 nitrogen and oxygen atoms in total. The molecule has 98 valence electrons. The lowest BCUT2D eigenvalue weighted by Crippen LogP contribution is -2.09. The Kier molecular flexibility index (Phi) is 5.29. The fourth-order valence-electron chi connectivity index (χ4n) is 1.44. The summed E-state index contributed by atoms with van der Waals surface area (Å²) in [5.74, 6) is 0. The number of unbranched alkanes of at least 4 members (excludes halogenated alkanes) is 1. The van der Waals surface area contributed by atoms with Crippen LogP contribution in [0, 0.1) is 11.3 Å². The van der Waals surface area contributed by atoms with Crippen molar-refractivity contribution in [3.63, 3.8) is 0 Å². The maximum atomic E-state index is 11.9. The van der Waals surface area contributed by atoms with Gasteiger partial charge >= 0.3 is 6.18 Å². The third kappa shape index (κ3) is 5.28. The van der Waals surface area contributed by atoms with E-state index in [1.165, 1.54) is 6.07 Å². The van der Waals surface area contributed by atoms with Crippen LogP contribution in [0.4, 0.5) is 18.9 Å². The van der Waals surface area contributed by atoms with E-state index in [-0.39, 0.29) is 6.42 Å². The lowest BCUT2D eigenvalue weighted by atomic mass is 10.2. The Hall–Kier alpha value is -1.41. The van der Waals surface area contributed by atoms with Gasteiger partial charge in [-0.2, -0.15) is 18.4 Å². The van der Waals surface area contributed by atoms with Crippen LogP contribution in [0.5, 0.6) is 0 Å². The summed E-state index contributed by atoms with van der Waals surface area (Å²) in [6.45, 7) is 0.395. The number of nitriles is 1. The molecule has 0 aromatic heterocycles. The minimum atomic E-state index is -4.10. The molecule has 1 N–H and O–H groups in total. The van der Waals surface area contributed by atoms with Gasteiger partial charge in [-0.15, -0.1) is 0 Å². The predicted molar refractivity (Wildman–Crippen MR) is 64.6 cm³/mol. The first-order valence-electron chi connectivity index (χ1n) is 5.42. The van der Waals surface area contributed by atoms with Crippen molar-refractivity contribution in [3.05, 3.63) is 28.8 Å². The monoisotopic (exact) mass is 276 g/mol. The number of hydrogen-bond acceptors (Lipinski definition) is 2. The van der Waals surface area contributed by atoms with Gasteiger partial charge in [0.1, 0.15) is 6.07 Å². The quantitative estimate of drug-likeness (QED) is 0.811. The van der Waals surface area contributed by atoms with Crippen molar-refractivity contribution in [2.24, 2.45) is 0 Å². The Morgan fingerprint density at radius 3 is 2.61 bits per heavy atom. The van der Waals surface area contributed by atoms with Crippen molar-refractivity contribution >= 4 is 17.3 Å². The SMILES string of the molecule is N#Cc1cc(Cl)ccc1NCCCCC(F)(F)F. The van der Waals surface area contributed by atoms with E-state index < -0.39 is 12.6 Å². The van der Waals surface area contributed by atoms with Crippen LogP contribution in [0.3, 0.4) is 0 Å². The van der Waals surface area contributed by atoms with E-state index in [0.717, 1.165) is 0 Å². The van der Waals surface area contributed by atoms with Gasteiger partial charge in [0.15, 0.2) is 0 Å². The zero-order chi connectivity index (χ0) is 13.6. The normalized spacial score (nSPS) is 11.1. The van der Waals surface area contributed by atoms with Crippen LogP contribution < -0.4 is 5.32 Å². The Morgan fingerprint density at radius 1 is 1.28 bits per heavy atom. The second-order valence-electron chi connectivity index (χ2n) is 3.80. The molecule has 18 heavy (non-hydrogen) atoms. The summed E-state index contributed by atoms with van der Waals surface area (Å²) in [6.07, 6.45) is -4.41. The summed E-state index contributed by atoms with van der Waals surface area (Å²) in [4.78, 5) is 0. The van der Waals surface area contributed by atoms with Crippen LogP contribution in [0.15, 0.2) is 18.2 Å². The summed E-state index contributed by atoms with van der Waals surface area (Å²) in [6, 6.07) is 6.76. The third-order valence-electron chi connectivity index (χ3n) is 2.30. The zero-order valence-corrected chi connectivity index (χ0v) is 10.3. The van der Waals surface area contributed by atoms with Gasteiger partial charge in [-0.05, 0) is 31.0 Å². The Labute approximate surface area is 108 Å². The lowest BCUT2D eigenvalue weighted by Gasteiger charge is -2.09. The maximum Gasteiger partial charge on any atom is 0.389 e.